The smallest absolute Gasteiger partial charge is 0.253 e. The highest BCUT2D eigenvalue weighted by atomic mass is 16.1. The maximum absolute atomic E-state index is 12.3. The molecule has 0 atom stereocenters. The van der Waals surface area contributed by atoms with Gasteiger partial charge in [-0.3, -0.25) is 9.59 Å². The number of carbonyl (C=O) groups excluding carboxylic acids is 1. The lowest BCUT2D eigenvalue weighted by Gasteiger charge is -2.09. The van der Waals surface area contributed by atoms with Crippen LogP contribution in [0.4, 0.5) is 11.5 Å². The SMILES string of the molecule is Cc1cc(C)c(CNC(=O)c2ccc(Nc3ccccc3)nc2)c(=O)[nH]1. The van der Waals surface area contributed by atoms with Gasteiger partial charge in [0, 0.05) is 29.7 Å². The Morgan fingerprint density at radius 3 is 2.54 bits per heavy atom. The lowest BCUT2D eigenvalue weighted by Crippen LogP contribution is -2.28. The van der Waals surface area contributed by atoms with E-state index in [1.54, 1.807) is 12.1 Å². The molecule has 2 heterocycles. The number of nitrogens with zero attached hydrogens (tertiary/aromatic N) is 1. The van der Waals surface area contributed by atoms with E-state index in [1.807, 2.05) is 50.2 Å². The minimum atomic E-state index is -0.275. The number of H-pyrrole nitrogens is 1. The fraction of sp³-hybridized carbons (Fsp3) is 0.150. The third-order valence-corrected chi connectivity index (χ3v) is 3.99. The molecule has 132 valence electrons. The van der Waals surface area contributed by atoms with E-state index in [-0.39, 0.29) is 18.0 Å². The molecule has 0 unspecified atom stereocenters. The van der Waals surface area contributed by atoms with Gasteiger partial charge in [-0.25, -0.2) is 4.98 Å². The van der Waals surface area contributed by atoms with Crippen LogP contribution < -0.4 is 16.2 Å². The molecule has 3 aromatic rings. The van der Waals surface area contributed by atoms with Crippen molar-refractivity contribution in [3.8, 4) is 0 Å². The number of amides is 1. The van der Waals surface area contributed by atoms with Gasteiger partial charge < -0.3 is 15.6 Å². The van der Waals surface area contributed by atoms with Gasteiger partial charge in [0.2, 0.25) is 0 Å². The first kappa shape index (κ1) is 17.4. The summed E-state index contributed by atoms with van der Waals surface area (Å²) in [6, 6.07) is 15.0. The van der Waals surface area contributed by atoms with Crippen LogP contribution >= 0.6 is 0 Å². The van der Waals surface area contributed by atoms with Crippen molar-refractivity contribution in [2.75, 3.05) is 5.32 Å². The highest BCUT2D eigenvalue weighted by Gasteiger charge is 2.10. The third kappa shape index (κ3) is 4.16. The molecule has 6 nitrogen and oxygen atoms in total. The van der Waals surface area contributed by atoms with Gasteiger partial charge in [-0.05, 0) is 49.7 Å². The number of para-hydroxylation sites is 1. The molecule has 1 amide bonds. The molecule has 3 rings (SSSR count). The molecule has 0 saturated carbocycles. The van der Waals surface area contributed by atoms with Crippen molar-refractivity contribution in [2.45, 2.75) is 20.4 Å². The van der Waals surface area contributed by atoms with Gasteiger partial charge in [0.1, 0.15) is 5.82 Å². The normalized spacial score (nSPS) is 10.4. The Morgan fingerprint density at radius 2 is 1.88 bits per heavy atom. The summed E-state index contributed by atoms with van der Waals surface area (Å²) in [5, 5.41) is 5.93. The predicted octanol–water partition coefficient (Wildman–Crippen LogP) is 3.06. The van der Waals surface area contributed by atoms with Crippen molar-refractivity contribution in [2.24, 2.45) is 0 Å². The molecule has 2 aromatic heterocycles. The lowest BCUT2D eigenvalue weighted by atomic mass is 10.1. The van der Waals surface area contributed by atoms with Crippen molar-refractivity contribution < 1.29 is 4.79 Å². The van der Waals surface area contributed by atoms with Gasteiger partial charge in [-0.15, -0.1) is 0 Å². The first-order chi connectivity index (χ1) is 12.5. The summed E-state index contributed by atoms with van der Waals surface area (Å²) in [7, 11) is 0. The standard InChI is InChI=1S/C20H20N4O2/c1-13-10-14(2)23-20(26)17(13)12-22-19(25)15-8-9-18(21-11-15)24-16-6-4-3-5-7-16/h3-11H,12H2,1-2H3,(H,21,24)(H,22,25)(H,23,26). The van der Waals surface area contributed by atoms with Gasteiger partial charge in [-0.2, -0.15) is 0 Å². The van der Waals surface area contributed by atoms with Crippen molar-refractivity contribution >= 4 is 17.4 Å². The summed E-state index contributed by atoms with van der Waals surface area (Å²) < 4.78 is 0. The van der Waals surface area contributed by atoms with Crippen molar-refractivity contribution in [1.29, 1.82) is 0 Å². The highest BCUT2D eigenvalue weighted by Crippen LogP contribution is 2.14. The van der Waals surface area contributed by atoms with Gasteiger partial charge >= 0.3 is 0 Å². The number of benzene rings is 1. The van der Waals surface area contributed by atoms with Crippen LogP contribution in [-0.4, -0.2) is 15.9 Å². The second-order valence-electron chi connectivity index (χ2n) is 6.05. The van der Waals surface area contributed by atoms with Crippen molar-refractivity contribution in [1.82, 2.24) is 15.3 Å². The average molecular weight is 348 g/mol. The Kier molecular flexibility index (Phi) is 5.12. The molecule has 0 aliphatic rings. The summed E-state index contributed by atoms with van der Waals surface area (Å²) in [4.78, 5) is 31.3. The van der Waals surface area contributed by atoms with E-state index in [0.717, 1.165) is 16.9 Å². The zero-order valence-corrected chi connectivity index (χ0v) is 14.7. The quantitative estimate of drug-likeness (QED) is 0.661. The first-order valence-electron chi connectivity index (χ1n) is 8.28. The van der Waals surface area contributed by atoms with E-state index < -0.39 is 0 Å². The minimum absolute atomic E-state index is 0.171. The second kappa shape index (κ2) is 7.65. The number of hydrogen-bond acceptors (Lipinski definition) is 4. The van der Waals surface area contributed by atoms with E-state index in [0.29, 0.717) is 16.9 Å². The van der Waals surface area contributed by atoms with E-state index >= 15 is 0 Å². The van der Waals surface area contributed by atoms with Crippen LogP contribution in [0.2, 0.25) is 0 Å². The predicted molar refractivity (Wildman–Crippen MR) is 102 cm³/mol. The summed E-state index contributed by atoms with van der Waals surface area (Å²) in [5.74, 6) is 0.377. The fourth-order valence-corrected chi connectivity index (χ4v) is 2.64. The van der Waals surface area contributed by atoms with E-state index in [4.69, 9.17) is 0 Å². The molecule has 0 saturated heterocycles. The Balaban J connectivity index is 1.64. The summed E-state index contributed by atoms with van der Waals surface area (Å²) >= 11 is 0. The number of aromatic nitrogens is 2. The zero-order valence-electron chi connectivity index (χ0n) is 14.7. The molecule has 6 heteroatoms. The maximum Gasteiger partial charge on any atom is 0.253 e. The molecular weight excluding hydrogens is 328 g/mol. The maximum atomic E-state index is 12.3. The lowest BCUT2D eigenvalue weighted by molar-refractivity contribution is 0.0950. The largest absolute Gasteiger partial charge is 0.348 e. The van der Waals surface area contributed by atoms with Crippen LogP contribution in [0.25, 0.3) is 0 Å². The van der Waals surface area contributed by atoms with Crippen molar-refractivity contribution in [3.05, 3.63) is 87.5 Å². The molecule has 3 N–H and O–H groups in total. The Hall–Kier alpha value is -3.41. The van der Waals surface area contributed by atoms with Crippen molar-refractivity contribution in [3.63, 3.8) is 0 Å². The topological polar surface area (TPSA) is 86.9 Å². The van der Waals surface area contributed by atoms with E-state index in [2.05, 4.69) is 20.6 Å². The van der Waals surface area contributed by atoms with Gasteiger partial charge in [0.25, 0.3) is 11.5 Å². The van der Waals surface area contributed by atoms with E-state index in [9.17, 15) is 9.59 Å². The Labute approximate surface area is 151 Å². The van der Waals surface area contributed by atoms with Gasteiger partial charge in [0.15, 0.2) is 0 Å². The first-order valence-corrected chi connectivity index (χ1v) is 8.28. The average Bonchev–Trinajstić information content (AvgIpc) is 2.62. The molecule has 0 aliphatic heterocycles. The fourth-order valence-electron chi connectivity index (χ4n) is 2.64. The van der Waals surface area contributed by atoms with Crippen LogP contribution in [0.3, 0.4) is 0 Å². The number of anilines is 2. The summed E-state index contributed by atoms with van der Waals surface area (Å²) in [5.41, 5.74) is 3.39. The summed E-state index contributed by atoms with van der Waals surface area (Å²) in [6.07, 6.45) is 1.51. The third-order valence-electron chi connectivity index (χ3n) is 3.99. The Morgan fingerprint density at radius 1 is 1.12 bits per heavy atom. The minimum Gasteiger partial charge on any atom is -0.348 e. The molecule has 0 bridgehead atoms. The molecule has 1 aromatic carbocycles. The number of carbonyl (C=O) groups is 1. The zero-order chi connectivity index (χ0) is 18.5. The number of pyridine rings is 2. The van der Waals surface area contributed by atoms with Crippen LogP contribution in [0.5, 0.6) is 0 Å². The van der Waals surface area contributed by atoms with Crippen LogP contribution in [-0.2, 0) is 6.54 Å². The molecule has 0 aliphatic carbocycles. The molecule has 26 heavy (non-hydrogen) atoms. The number of aryl methyl sites for hydroxylation is 2. The number of rotatable bonds is 5. The van der Waals surface area contributed by atoms with Crippen LogP contribution in [0.1, 0.15) is 27.2 Å². The molecular formula is C20H20N4O2. The number of hydrogen-bond donors (Lipinski definition) is 3. The van der Waals surface area contributed by atoms with E-state index in [1.165, 1.54) is 6.20 Å². The highest BCUT2D eigenvalue weighted by molar-refractivity contribution is 5.94. The second-order valence-corrected chi connectivity index (χ2v) is 6.05. The monoisotopic (exact) mass is 348 g/mol. The molecule has 0 spiro atoms. The summed E-state index contributed by atoms with van der Waals surface area (Å²) in [6.45, 7) is 3.85. The molecule has 0 radical (unpaired) electrons. The van der Waals surface area contributed by atoms with Crippen LogP contribution in [0, 0.1) is 13.8 Å². The Bertz CT molecular complexity index is 963. The number of aromatic amines is 1. The number of nitrogens with one attached hydrogen (secondary N) is 3. The van der Waals surface area contributed by atoms with Gasteiger partial charge in [0.05, 0.1) is 5.56 Å². The van der Waals surface area contributed by atoms with Crippen LogP contribution in [0.15, 0.2) is 59.5 Å². The van der Waals surface area contributed by atoms with Gasteiger partial charge in [-0.1, -0.05) is 18.2 Å². The molecule has 0 fully saturated rings.